The quantitative estimate of drug-likeness (QED) is 0.840. The predicted octanol–water partition coefficient (Wildman–Crippen LogP) is 1.05. The fourth-order valence-corrected chi connectivity index (χ4v) is 3.52. The van der Waals surface area contributed by atoms with Gasteiger partial charge >= 0.3 is 0 Å². The highest BCUT2D eigenvalue weighted by atomic mass is 32.1. The Morgan fingerprint density at radius 2 is 1.89 bits per heavy atom. The van der Waals surface area contributed by atoms with Crippen molar-refractivity contribution in [3.63, 3.8) is 0 Å². The maximum absolute atomic E-state index is 12.4. The zero-order chi connectivity index (χ0) is 13.0. The summed E-state index contributed by atoms with van der Waals surface area (Å²) >= 11 is 1.66. The number of rotatable bonds is 5. The molecule has 0 spiro atoms. The number of amides is 1. The number of aryl methyl sites for hydroxylation is 1. The zero-order valence-corrected chi connectivity index (χ0v) is 11.2. The molecule has 18 heavy (non-hydrogen) atoms. The van der Waals surface area contributed by atoms with E-state index in [0.29, 0.717) is 0 Å². The van der Waals surface area contributed by atoms with Crippen LogP contribution in [0.15, 0.2) is 5.38 Å². The lowest BCUT2D eigenvalue weighted by Gasteiger charge is -2.21. The summed E-state index contributed by atoms with van der Waals surface area (Å²) < 4.78 is 0. The summed E-state index contributed by atoms with van der Waals surface area (Å²) in [7, 11) is 0. The molecule has 1 aromatic heterocycles. The van der Waals surface area contributed by atoms with Crippen molar-refractivity contribution in [3.05, 3.63) is 21.4 Å². The average Bonchev–Trinajstić information content (AvgIpc) is 2.81. The van der Waals surface area contributed by atoms with Crippen molar-refractivity contribution in [2.75, 3.05) is 26.3 Å². The Morgan fingerprint density at radius 1 is 1.22 bits per heavy atom. The molecule has 0 radical (unpaired) electrons. The molecule has 1 heterocycles. The number of aliphatic hydroxyl groups excluding tert-OH is 2. The van der Waals surface area contributed by atoms with E-state index in [1.807, 2.05) is 5.38 Å². The Labute approximate surface area is 111 Å². The van der Waals surface area contributed by atoms with Gasteiger partial charge in [0.05, 0.1) is 18.8 Å². The highest BCUT2D eigenvalue weighted by molar-refractivity contribution is 7.10. The van der Waals surface area contributed by atoms with Crippen molar-refractivity contribution < 1.29 is 15.0 Å². The topological polar surface area (TPSA) is 60.8 Å². The third-order valence-electron chi connectivity index (χ3n) is 3.32. The van der Waals surface area contributed by atoms with Crippen LogP contribution in [0.25, 0.3) is 0 Å². The van der Waals surface area contributed by atoms with Crippen LogP contribution in [-0.2, 0) is 12.8 Å². The van der Waals surface area contributed by atoms with Crippen LogP contribution >= 0.6 is 11.3 Å². The van der Waals surface area contributed by atoms with E-state index in [4.69, 9.17) is 10.2 Å². The van der Waals surface area contributed by atoms with Crippen molar-refractivity contribution in [2.24, 2.45) is 0 Å². The number of thiophene rings is 1. The lowest BCUT2D eigenvalue weighted by atomic mass is 9.95. The van der Waals surface area contributed by atoms with E-state index in [0.717, 1.165) is 24.8 Å². The molecular weight excluding hydrogens is 250 g/mol. The molecule has 0 fully saturated rings. The van der Waals surface area contributed by atoms with Gasteiger partial charge in [0, 0.05) is 23.3 Å². The molecule has 0 saturated carbocycles. The highest BCUT2D eigenvalue weighted by Gasteiger charge is 2.23. The molecule has 0 unspecified atom stereocenters. The molecule has 0 aromatic carbocycles. The first-order chi connectivity index (χ1) is 8.77. The van der Waals surface area contributed by atoms with Crippen molar-refractivity contribution >= 4 is 17.2 Å². The predicted molar refractivity (Wildman–Crippen MR) is 71.0 cm³/mol. The minimum atomic E-state index is -0.0714. The molecule has 1 aliphatic carbocycles. The SMILES string of the molecule is O=C(c1csc2c1CCCC2)N(CCO)CCO. The van der Waals surface area contributed by atoms with Crippen LogP contribution in [0.1, 0.15) is 33.6 Å². The second-order valence-corrected chi connectivity index (χ2v) is 5.46. The Kier molecular flexibility index (Phi) is 4.74. The van der Waals surface area contributed by atoms with Crippen LogP contribution in [0.4, 0.5) is 0 Å². The highest BCUT2D eigenvalue weighted by Crippen LogP contribution is 2.30. The summed E-state index contributed by atoms with van der Waals surface area (Å²) in [6, 6.07) is 0. The van der Waals surface area contributed by atoms with Crippen LogP contribution < -0.4 is 0 Å². The van der Waals surface area contributed by atoms with Gasteiger partial charge < -0.3 is 15.1 Å². The molecule has 5 heteroatoms. The van der Waals surface area contributed by atoms with Crippen molar-refractivity contribution in [2.45, 2.75) is 25.7 Å². The number of carbonyl (C=O) groups is 1. The summed E-state index contributed by atoms with van der Waals surface area (Å²) in [4.78, 5) is 15.2. The van der Waals surface area contributed by atoms with Gasteiger partial charge in [0.25, 0.3) is 5.91 Å². The summed E-state index contributed by atoms with van der Waals surface area (Å²) in [5.41, 5.74) is 1.97. The van der Waals surface area contributed by atoms with Crippen LogP contribution in [0.3, 0.4) is 0 Å². The monoisotopic (exact) mass is 269 g/mol. The average molecular weight is 269 g/mol. The van der Waals surface area contributed by atoms with E-state index in [1.54, 1.807) is 11.3 Å². The molecule has 4 nitrogen and oxygen atoms in total. The number of hydrogen-bond donors (Lipinski definition) is 2. The van der Waals surface area contributed by atoms with Gasteiger partial charge in [-0.15, -0.1) is 11.3 Å². The van der Waals surface area contributed by atoms with E-state index in [1.165, 1.54) is 21.8 Å². The summed E-state index contributed by atoms with van der Waals surface area (Å²) in [6.45, 7) is 0.421. The van der Waals surface area contributed by atoms with Gasteiger partial charge in [-0.25, -0.2) is 0 Å². The van der Waals surface area contributed by atoms with Gasteiger partial charge in [-0.2, -0.15) is 0 Å². The van der Waals surface area contributed by atoms with Gasteiger partial charge in [-0.05, 0) is 31.2 Å². The van der Waals surface area contributed by atoms with E-state index in [-0.39, 0.29) is 32.2 Å². The maximum Gasteiger partial charge on any atom is 0.255 e. The smallest absolute Gasteiger partial charge is 0.255 e. The molecule has 0 bridgehead atoms. The maximum atomic E-state index is 12.4. The molecular formula is C13H19NO3S. The number of aliphatic hydroxyl groups is 2. The Hall–Kier alpha value is -0.910. The zero-order valence-electron chi connectivity index (χ0n) is 10.4. The Bertz CT molecular complexity index is 410. The van der Waals surface area contributed by atoms with Gasteiger partial charge in [-0.3, -0.25) is 4.79 Å². The van der Waals surface area contributed by atoms with E-state index >= 15 is 0 Å². The molecule has 1 amide bonds. The van der Waals surface area contributed by atoms with Gasteiger partial charge in [0.2, 0.25) is 0 Å². The third kappa shape index (κ3) is 2.74. The first kappa shape index (κ1) is 13.5. The largest absolute Gasteiger partial charge is 0.395 e. The number of hydrogen-bond acceptors (Lipinski definition) is 4. The lowest BCUT2D eigenvalue weighted by molar-refractivity contribution is 0.0684. The lowest BCUT2D eigenvalue weighted by Crippen LogP contribution is -2.36. The third-order valence-corrected chi connectivity index (χ3v) is 4.41. The van der Waals surface area contributed by atoms with Crippen LogP contribution in [0.5, 0.6) is 0 Å². The van der Waals surface area contributed by atoms with E-state index in [9.17, 15) is 4.79 Å². The van der Waals surface area contributed by atoms with Crippen LogP contribution in [0, 0.1) is 0 Å². The molecule has 0 aliphatic heterocycles. The Balaban J connectivity index is 2.18. The molecule has 0 saturated heterocycles. The van der Waals surface area contributed by atoms with Gasteiger partial charge in [0.1, 0.15) is 0 Å². The Morgan fingerprint density at radius 3 is 2.56 bits per heavy atom. The number of fused-ring (bicyclic) bond motifs is 1. The van der Waals surface area contributed by atoms with Crippen molar-refractivity contribution in [1.82, 2.24) is 4.90 Å². The second-order valence-electron chi connectivity index (χ2n) is 4.50. The van der Waals surface area contributed by atoms with Crippen molar-refractivity contribution in [1.29, 1.82) is 0 Å². The fraction of sp³-hybridized carbons (Fsp3) is 0.615. The van der Waals surface area contributed by atoms with Crippen LogP contribution in [0.2, 0.25) is 0 Å². The summed E-state index contributed by atoms with van der Waals surface area (Å²) in [5, 5.41) is 19.9. The van der Waals surface area contributed by atoms with Gasteiger partial charge in [-0.1, -0.05) is 0 Å². The molecule has 2 rings (SSSR count). The first-order valence-corrected chi connectivity index (χ1v) is 7.26. The minimum Gasteiger partial charge on any atom is -0.395 e. The van der Waals surface area contributed by atoms with Crippen LogP contribution in [-0.4, -0.2) is 47.3 Å². The van der Waals surface area contributed by atoms with E-state index < -0.39 is 0 Å². The summed E-state index contributed by atoms with van der Waals surface area (Å²) in [6.07, 6.45) is 4.40. The second kappa shape index (κ2) is 6.31. The molecule has 1 aromatic rings. The summed E-state index contributed by atoms with van der Waals surface area (Å²) in [5.74, 6) is -0.0579. The minimum absolute atomic E-state index is 0.0579. The standard InChI is InChI=1S/C13H19NO3S/c15-7-5-14(6-8-16)13(17)11-9-18-12-4-2-1-3-10(11)12/h9,15-16H,1-8H2. The van der Waals surface area contributed by atoms with Gasteiger partial charge in [0.15, 0.2) is 0 Å². The molecule has 0 atom stereocenters. The molecule has 1 aliphatic rings. The number of nitrogens with zero attached hydrogens (tertiary/aromatic N) is 1. The first-order valence-electron chi connectivity index (χ1n) is 6.38. The molecule has 2 N–H and O–H groups in total. The molecule has 100 valence electrons. The van der Waals surface area contributed by atoms with E-state index in [2.05, 4.69) is 0 Å². The normalized spacial score (nSPS) is 14.3. The van der Waals surface area contributed by atoms with Crippen molar-refractivity contribution in [3.8, 4) is 0 Å². The number of carbonyl (C=O) groups excluding carboxylic acids is 1. The fourth-order valence-electron chi connectivity index (χ4n) is 2.40.